The molecule has 1 aromatic carbocycles. The first-order chi connectivity index (χ1) is 11.1. The molecule has 126 valence electrons. The van der Waals surface area contributed by atoms with E-state index in [1.54, 1.807) is 6.07 Å². The lowest BCUT2D eigenvalue weighted by molar-refractivity contribution is -0.127. The molecule has 1 amide bonds. The summed E-state index contributed by atoms with van der Waals surface area (Å²) in [5, 5.41) is 3.17. The number of carbonyl (C=O) groups excluding carboxylic acids is 1. The van der Waals surface area contributed by atoms with Crippen molar-refractivity contribution in [1.82, 2.24) is 5.32 Å². The molecule has 0 aliphatic heterocycles. The minimum atomic E-state index is -0.218. The standard InChI is InChI=1S/C19H27FN2O/c20-17-11-4-3-10-16(17)18(13-6-1-2-7-13)22-19(23)14-8-5-9-15(21)12-14/h3-4,10-11,13-15,18H,1-2,5-9,12,21H2,(H,22,23). The van der Waals surface area contributed by atoms with Crippen molar-refractivity contribution < 1.29 is 9.18 Å². The van der Waals surface area contributed by atoms with Crippen molar-refractivity contribution in [2.75, 3.05) is 0 Å². The third kappa shape index (κ3) is 3.92. The van der Waals surface area contributed by atoms with Gasteiger partial charge in [-0.25, -0.2) is 4.39 Å². The Hall–Kier alpha value is -1.42. The van der Waals surface area contributed by atoms with Crippen LogP contribution >= 0.6 is 0 Å². The molecule has 0 radical (unpaired) electrons. The van der Waals surface area contributed by atoms with E-state index in [1.165, 1.54) is 18.9 Å². The number of nitrogens with one attached hydrogen (secondary N) is 1. The predicted octanol–water partition coefficient (Wildman–Crippen LogP) is 3.69. The molecular formula is C19H27FN2O. The van der Waals surface area contributed by atoms with Crippen molar-refractivity contribution in [3.63, 3.8) is 0 Å². The monoisotopic (exact) mass is 318 g/mol. The van der Waals surface area contributed by atoms with Gasteiger partial charge >= 0.3 is 0 Å². The summed E-state index contributed by atoms with van der Waals surface area (Å²) in [5.74, 6) is 0.160. The molecule has 23 heavy (non-hydrogen) atoms. The first kappa shape index (κ1) is 16.4. The van der Waals surface area contributed by atoms with E-state index < -0.39 is 0 Å². The number of rotatable bonds is 4. The Morgan fingerprint density at radius 1 is 1.13 bits per heavy atom. The lowest BCUT2D eigenvalue weighted by Crippen LogP contribution is -2.41. The Balaban J connectivity index is 1.76. The Labute approximate surface area is 137 Å². The summed E-state index contributed by atoms with van der Waals surface area (Å²) in [6, 6.07) is 6.77. The topological polar surface area (TPSA) is 55.1 Å². The summed E-state index contributed by atoms with van der Waals surface area (Å²) in [4.78, 5) is 12.7. The van der Waals surface area contributed by atoms with Crippen molar-refractivity contribution in [3.8, 4) is 0 Å². The summed E-state index contributed by atoms with van der Waals surface area (Å²) >= 11 is 0. The van der Waals surface area contributed by atoms with E-state index in [9.17, 15) is 9.18 Å². The van der Waals surface area contributed by atoms with E-state index in [4.69, 9.17) is 5.73 Å². The van der Waals surface area contributed by atoms with Crippen molar-refractivity contribution in [3.05, 3.63) is 35.6 Å². The molecule has 3 rings (SSSR count). The molecular weight excluding hydrogens is 291 g/mol. The smallest absolute Gasteiger partial charge is 0.223 e. The summed E-state index contributed by atoms with van der Waals surface area (Å²) in [5.41, 5.74) is 6.64. The highest BCUT2D eigenvalue weighted by Gasteiger charge is 2.32. The number of carbonyl (C=O) groups is 1. The van der Waals surface area contributed by atoms with Gasteiger partial charge in [0, 0.05) is 17.5 Å². The maximum Gasteiger partial charge on any atom is 0.223 e. The predicted molar refractivity (Wildman–Crippen MR) is 89.2 cm³/mol. The molecule has 3 unspecified atom stereocenters. The maximum absolute atomic E-state index is 14.3. The van der Waals surface area contributed by atoms with Crippen LogP contribution in [-0.2, 0) is 4.79 Å². The van der Waals surface area contributed by atoms with Crippen LogP contribution in [0.4, 0.5) is 4.39 Å². The average Bonchev–Trinajstić information content (AvgIpc) is 3.07. The highest BCUT2D eigenvalue weighted by atomic mass is 19.1. The van der Waals surface area contributed by atoms with Gasteiger partial charge in [0.15, 0.2) is 0 Å². The van der Waals surface area contributed by atoms with Crippen LogP contribution in [0.25, 0.3) is 0 Å². The van der Waals surface area contributed by atoms with E-state index >= 15 is 0 Å². The van der Waals surface area contributed by atoms with Gasteiger partial charge in [-0.1, -0.05) is 37.5 Å². The zero-order valence-electron chi connectivity index (χ0n) is 13.6. The first-order valence-corrected chi connectivity index (χ1v) is 8.95. The molecule has 3 atom stereocenters. The van der Waals surface area contributed by atoms with E-state index in [0.29, 0.717) is 11.5 Å². The number of nitrogens with two attached hydrogens (primary N) is 1. The van der Waals surface area contributed by atoms with Gasteiger partial charge < -0.3 is 11.1 Å². The van der Waals surface area contributed by atoms with Gasteiger partial charge in [-0.3, -0.25) is 4.79 Å². The van der Waals surface area contributed by atoms with Crippen LogP contribution in [0.1, 0.15) is 63.0 Å². The zero-order valence-corrected chi connectivity index (χ0v) is 13.6. The summed E-state index contributed by atoms with van der Waals surface area (Å²) in [6.07, 6.45) is 8.11. The zero-order chi connectivity index (χ0) is 16.2. The molecule has 2 aliphatic carbocycles. The highest BCUT2D eigenvalue weighted by Crippen LogP contribution is 2.37. The molecule has 3 nitrogen and oxygen atoms in total. The Morgan fingerprint density at radius 2 is 1.87 bits per heavy atom. The van der Waals surface area contributed by atoms with Crippen LogP contribution in [-0.4, -0.2) is 11.9 Å². The fraction of sp³-hybridized carbons (Fsp3) is 0.632. The summed E-state index contributed by atoms with van der Waals surface area (Å²) in [6.45, 7) is 0. The molecule has 0 saturated heterocycles. The van der Waals surface area contributed by atoms with Crippen molar-refractivity contribution >= 4 is 5.91 Å². The number of benzene rings is 1. The lowest BCUT2D eigenvalue weighted by Gasteiger charge is -2.30. The van der Waals surface area contributed by atoms with E-state index in [2.05, 4.69) is 5.32 Å². The van der Waals surface area contributed by atoms with E-state index in [1.807, 2.05) is 12.1 Å². The van der Waals surface area contributed by atoms with Crippen LogP contribution < -0.4 is 11.1 Å². The first-order valence-electron chi connectivity index (χ1n) is 8.95. The molecule has 0 aromatic heterocycles. The quantitative estimate of drug-likeness (QED) is 0.889. The van der Waals surface area contributed by atoms with Gasteiger partial charge in [0.2, 0.25) is 5.91 Å². The van der Waals surface area contributed by atoms with Crippen molar-refractivity contribution in [2.45, 2.75) is 63.5 Å². The lowest BCUT2D eigenvalue weighted by atomic mass is 9.84. The second-order valence-corrected chi connectivity index (χ2v) is 7.18. The second-order valence-electron chi connectivity index (χ2n) is 7.18. The molecule has 3 N–H and O–H groups in total. The van der Waals surface area contributed by atoms with E-state index in [-0.39, 0.29) is 29.7 Å². The number of hydrogen-bond donors (Lipinski definition) is 2. The molecule has 4 heteroatoms. The van der Waals surface area contributed by atoms with Crippen molar-refractivity contribution in [1.29, 1.82) is 0 Å². The van der Waals surface area contributed by atoms with Crippen LogP contribution in [0.5, 0.6) is 0 Å². The Morgan fingerprint density at radius 3 is 2.57 bits per heavy atom. The number of amides is 1. The van der Waals surface area contributed by atoms with E-state index in [0.717, 1.165) is 38.5 Å². The van der Waals surface area contributed by atoms with Crippen LogP contribution in [0.3, 0.4) is 0 Å². The van der Waals surface area contributed by atoms with Gasteiger partial charge in [0.05, 0.1) is 6.04 Å². The Kier molecular flexibility index (Phi) is 5.31. The third-order valence-electron chi connectivity index (χ3n) is 5.49. The van der Waals surface area contributed by atoms with Crippen molar-refractivity contribution in [2.24, 2.45) is 17.6 Å². The number of halogens is 1. The van der Waals surface area contributed by atoms with Crippen LogP contribution in [0, 0.1) is 17.7 Å². The molecule has 0 spiro atoms. The molecule has 2 aliphatic rings. The SMILES string of the molecule is NC1CCCC(C(=O)NC(c2ccccc2F)C2CCCC2)C1. The minimum absolute atomic E-state index is 0.0190. The van der Waals surface area contributed by atoms with Gasteiger partial charge in [0.1, 0.15) is 5.82 Å². The average molecular weight is 318 g/mol. The Bertz CT molecular complexity index is 542. The summed E-state index contributed by atoms with van der Waals surface area (Å²) in [7, 11) is 0. The molecule has 2 fully saturated rings. The van der Waals surface area contributed by atoms with Crippen LogP contribution in [0.15, 0.2) is 24.3 Å². The molecule has 1 aromatic rings. The van der Waals surface area contributed by atoms with Crippen LogP contribution in [0.2, 0.25) is 0 Å². The largest absolute Gasteiger partial charge is 0.349 e. The minimum Gasteiger partial charge on any atom is -0.349 e. The van der Waals surface area contributed by atoms with Gasteiger partial charge in [-0.2, -0.15) is 0 Å². The molecule has 2 saturated carbocycles. The summed E-state index contributed by atoms with van der Waals surface area (Å²) < 4.78 is 14.3. The maximum atomic E-state index is 14.3. The van der Waals surface area contributed by atoms with Gasteiger partial charge in [-0.05, 0) is 44.1 Å². The molecule has 0 heterocycles. The fourth-order valence-electron chi connectivity index (χ4n) is 4.20. The number of hydrogen-bond acceptors (Lipinski definition) is 2. The normalized spacial score (nSPS) is 26.9. The van der Waals surface area contributed by atoms with Gasteiger partial charge in [-0.15, -0.1) is 0 Å². The highest BCUT2D eigenvalue weighted by molar-refractivity contribution is 5.79. The second kappa shape index (κ2) is 7.43. The molecule has 0 bridgehead atoms. The fourth-order valence-corrected chi connectivity index (χ4v) is 4.20. The third-order valence-corrected chi connectivity index (χ3v) is 5.49. The van der Waals surface area contributed by atoms with Gasteiger partial charge in [0.25, 0.3) is 0 Å².